The molecule has 148 valence electrons. The third-order valence-electron chi connectivity index (χ3n) is 5.47. The van der Waals surface area contributed by atoms with Crippen LogP contribution in [-0.2, 0) is 12.6 Å². The number of fused-ring (bicyclic) bond motifs is 1. The first-order valence-electron chi connectivity index (χ1n) is 9.51. The van der Waals surface area contributed by atoms with E-state index in [1.54, 1.807) is 25.4 Å². The quantitative estimate of drug-likeness (QED) is 0.654. The van der Waals surface area contributed by atoms with Crippen molar-refractivity contribution in [1.29, 1.82) is 0 Å². The molecule has 0 aliphatic carbocycles. The molecule has 28 heavy (non-hydrogen) atoms. The molecule has 2 atom stereocenters. The van der Waals surface area contributed by atoms with Gasteiger partial charge in [0.1, 0.15) is 5.69 Å². The van der Waals surface area contributed by atoms with Crippen molar-refractivity contribution >= 4 is 5.65 Å². The number of hydrogen-bond donors (Lipinski definition) is 0. The van der Waals surface area contributed by atoms with E-state index in [1.165, 1.54) is 0 Å². The van der Waals surface area contributed by atoms with Gasteiger partial charge in [-0.05, 0) is 56.5 Å². The van der Waals surface area contributed by atoms with Crippen LogP contribution in [0.15, 0.2) is 36.7 Å². The van der Waals surface area contributed by atoms with Gasteiger partial charge in [-0.1, -0.05) is 6.92 Å². The van der Waals surface area contributed by atoms with Crippen molar-refractivity contribution in [3.63, 3.8) is 0 Å². The van der Waals surface area contributed by atoms with Gasteiger partial charge in [-0.15, -0.1) is 0 Å². The van der Waals surface area contributed by atoms with Crippen LogP contribution in [-0.4, -0.2) is 31.0 Å². The summed E-state index contributed by atoms with van der Waals surface area (Å²) in [6.45, 7) is 4.78. The van der Waals surface area contributed by atoms with Crippen molar-refractivity contribution in [2.75, 3.05) is 6.54 Å². The van der Waals surface area contributed by atoms with Crippen molar-refractivity contribution in [1.82, 2.24) is 24.5 Å². The Morgan fingerprint density at radius 3 is 2.64 bits per heavy atom. The molecule has 0 aromatic carbocycles. The number of pyridine rings is 1. The van der Waals surface area contributed by atoms with E-state index in [-0.39, 0.29) is 17.7 Å². The maximum absolute atomic E-state index is 13.5. The fraction of sp³-hybridized carbons (Fsp3) is 0.450. The standard InChI is InChI=1S/C20H22F3N5/c1-3-15-11-18(20(21,22)23)28-19(25-15)12-16(26-28)17-5-4-10-27(17)13(2)14-6-8-24-9-7-14/h6-9,11-13,17H,3-5,10H2,1-2H3. The van der Waals surface area contributed by atoms with Gasteiger partial charge in [0.2, 0.25) is 0 Å². The average Bonchev–Trinajstić information content (AvgIpc) is 3.32. The highest BCUT2D eigenvalue weighted by atomic mass is 19.4. The second-order valence-electron chi connectivity index (χ2n) is 7.18. The number of alkyl halides is 3. The SMILES string of the molecule is CCc1cc(C(F)(F)F)n2nc(C3CCCN3C(C)c3ccncc3)cc2n1. The zero-order chi connectivity index (χ0) is 19.9. The predicted molar refractivity (Wildman–Crippen MR) is 98.7 cm³/mol. The summed E-state index contributed by atoms with van der Waals surface area (Å²) in [4.78, 5) is 10.7. The Labute approximate surface area is 161 Å². The first-order chi connectivity index (χ1) is 13.4. The molecule has 4 rings (SSSR count). The summed E-state index contributed by atoms with van der Waals surface area (Å²) < 4.78 is 41.6. The van der Waals surface area contributed by atoms with Gasteiger partial charge in [-0.25, -0.2) is 9.50 Å². The molecule has 1 aliphatic heterocycles. The normalized spacial score (nSPS) is 19.4. The van der Waals surface area contributed by atoms with E-state index in [0.29, 0.717) is 17.8 Å². The number of likely N-dealkylation sites (tertiary alicyclic amines) is 1. The summed E-state index contributed by atoms with van der Waals surface area (Å²) in [5.41, 5.74) is 1.68. The second-order valence-corrected chi connectivity index (χ2v) is 7.18. The predicted octanol–water partition coefficient (Wildman–Crippen LogP) is 4.60. The summed E-state index contributed by atoms with van der Waals surface area (Å²) >= 11 is 0. The molecule has 3 aromatic rings. The third-order valence-corrected chi connectivity index (χ3v) is 5.47. The number of aromatic nitrogens is 4. The Hall–Kier alpha value is -2.48. The summed E-state index contributed by atoms with van der Waals surface area (Å²) in [6, 6.07) is 6.84. The van der Waals surface area contributed by atoms with Crippen LogP contribution in [0, 0.1) is 0 Å². The van der Waals surface area contributed by atoms with Crippen molar-refractivity contribution in [2.24, 2.45) is 0 Å². The van der Waals surface area contributed by atoms with Crippen LogP contribution < -0.4 is 0 Å². The minimum atomic E-state index is -4.48. The molecule has 2 unspecified atom stereocenters. The van der Waals surface area contributed by atoms with E-state index >= 15 is 0 Å². The molecule has 1 aliphatic rings. The average molecular weight is 389 g/mol. The van der Waals surface area contributed by atoms with Gasteiger partial charge in [0.25, 0.3) is 0 Å². The van der Waals surface area contributed by atoms with Crippen LogP contribution in [0.5, 0.6) is 0 Å². The third kappa shape index (κ3) is 3.37. The molecule has 0 radical (unpaired) electrons. The molecule has 8 heteroatoms. The van der Waals surface area contributed by atoms with E-state index in [2.05, 4.69) is 26.9 Å². The molecular formula is C20H22F3N5. The highest BCUT2D eigenvalue weighted by molar-refractivity contribution is 5.43. The van der Waals surface area contributed by atoms with Gasteiger partial charge < -0.3 is 0 Å². The van der Waals surface area contributed by atoms with E-state index in [4.69, 9.17) is 0 Å². The molecule has 5 nitrogen and oxygen atoms in total. The Morgan fingerprint density at radius 2 is 1.96 bits per heavy atom. The largest absolute Gasteiger partial charge is 0.433 e. The number of aryl methyl sites for hydroxylation is 1. The van der Waals surface area contributed by atoms with E-state index in [9.17, 15) is 13.2 Å². The van der Waals surface area contributed by atoms with Crippen LogP contribution in [0.1, 0.15) is 61.4 Å². The highest BCUT2D eigenvalue weighted by Gasteiger charge is 2.37. The summed E-state index contributed by atoms with van der Waals surface area (Å²) in [7, 11) is 0. The monoisotopic (exact) mass is 389 g/mol. The molecule has 1 fully saturated rings. The Balaban J connectivity index is 1.74. The maximum atomic E-state index is 13.5. The lowest BCUT2D eigenvalue weighted by molar-refractivity contribution is -0.142. The van der Waals surface area contributed by atoms with Gasteiger partial charge in [0, 0.05) is 30.2 Å². The van der Waals surface area contributed by atoms with Crippen LogP contribution in [0.4, 0.5) is 13.2 Å². The molecule has 1 saturated heterocycles. The van der Waals surface area contributed by atoms with Crippen molar-refractivity contribution < 1.29 is 13.2 Å². The number of hydrogen-bond acceptors (Lipinski definition) is 4. The van der Waals surface area contributed by atoms with Gasteiger partial charge in [-0.3, -0.25) is 9.88 Å². The number of rotatable bonds is 4. The molecule has 4 heterocycles. The Kier molecular flexibility index (Phi) is 4.82. The molecule has 3 aromatic heterocycles. The topological polar surface area (TPSA) is 46.3 Å². The molecule has 0 amide bonds. The van der Waals surface area contributed by atoms with Gasteiger partial charge in [-0.2, -0.15) is 18.3 Å². The molecule has 0 saturated carbocycles. The summed E-state index contributed by atoms with van der Waals surface area (Å²) in [5, 5.41) is 4.34. The molecule has 0 spiro atoms. The Bertz CT molecular complexity index is 967. The van der Waals surface area contributed by atoms with Gasteiger partial charge >= 0.3 is 6.18 Å². The summed E-state index contributed by atoms with van der Waals surface area (Å²) in [5.74, 6) is 0. The smallest absolute Gasteiger partial charge is 0.288 e. The van der Waals surface area contributed by atoms with Crippen LogP contribution >= 0.6 is 0 Å². The van der Waals surface area contributed by atoms with E-state index in [1.807, 2.05) is 12.1 Å². The zero-order valence-corrected chi connectivity index (χ0v) is 15.8. The molecular weight excluding hydrogens is 367 g/mol. The van der Waals surface area contributed by atoms with Gasteiger partial charge in [0.15, 0.2) is 5.65 Å². The lowest BCUT2D eigenvalue weighted by atomic mass is 10.1. The second kappa shape index (κ2) is 7.16. The minimum absolute atomic E-state index is 0.0315. The first-order valence-corrected chi connectivity index (χ1v) is 9.51. The first kappa shape index (κ1) is 18.9. The van der Waals surface area contributed by atoms with Crippen LogP contribution in [0.3, 0.4) is 0 Å². The van der Waals surface area contributed by atoms with E-state index < -0.39 is 11.9 Å². The van der Waals surface area contributed by atoms with Crippen molar-refractivity contribution in [2.45, 2.75) is 51.4 Å². The lowest BCUT2D eigenvalue weighted by Gasteiger charge is -2.30. The lowest BCUT2D eigenvalue weighted by Crippen LogP contribution is -2.27. The van der Waals surface area contributed by atoms with Crippen molar-refractivity contribution in [3.05, 3.63) is 59.3 Å². The van der Waals surface area contributed by atoms with Crippen LogP contribution in [0.2, 0.25) is 0 Å². The van der Waals surface area contributed by atoms with Gasteiger partial charge in [0.05, 0.1) is 11.7 Å². The zero-order valence-electron chi connectivity index (χ0n) is 15.8. The Morgan fingerprint density at radius 1 is 1.21 bits per heavy atom. The highest BCUT2D eigenvalue weighted by Crippen LogP contribution is 2.39. The molecule has 0 bridgehead atoms. The number of halogens is 3. The van der Waals surface area contributed by atoms with E-state index in [0.717, 1.165) is 35.5 Å². The maximum Gasteiger partial charge on any atom is 0.433 e. The fourth-order valence-corrected chi connectivity index (χ4v) is 3.99. The number of nitrogens with zero attached hydrogens (tertiary/aromatic N) is 5. The fourth-order valence-electron chi connectivity index (χ4n) is 3.99. The van der Waals surface area contributed by atoms with Crippen molar-refractivity contribution in [3.8, 4) is 0 Å². The minimum Gasteiger partial charge on any atom is -0.288 e. The summed E-state index contributed by atoms with van der Waals surface area (Å²) in [6.07, 6.45) is 1.32. The molecule has 0 N–H and O–H groups in total. The van der Waals surface area contributed by atoms with Crippen LogP contribution in [0.25, 0.3) is 5.65 Å².